The summed E-state index contributed by atoms with van der Waals surface area (Å²) in [4.78, 5) is 10.9. The van der Waals surface area contributed by atoms with Gasteiger partial charge in [-0.2, -0.15) is 0 Å². The summed E-state index contributed by atoms with van der Waals surface area (Å²) in [6, 6.07) is 5.37. The van der Waals surface area contributed by atoms with Gasteiger partial charge in [0.25, 0.3) is 0 Å². The molecule has 0 fully saturated rings. The number of esters is 1. The Hall–Kier alpha value is -0.540. The van der Waals surface area contributed by atoms with Crippen LogP contribution in [0.5, 0.6) is 0 Å². The Morgan fingerprint density at radius 1 is 1.62 bits per heavy atom. The molecule has 1 aromatic carbocycles. The molecule has 0 aliphatic heterocycles. The fourth-order valence-electron chi connectivity index (χ4n) is 0.888. The van der Waals surface area contributed by atoms with Crippen molar-refractivity contribution < 1.29 is 9.53 Å². The van der Waals surface area contributed by atoms with E-state index in [0.717, 1.165) is 10.0 Å². The first-order valence-electron chi connectivity index (χ1n) is 3.64. The monoisotopic (exact) mass is 262 g/mol. The number of methoxy groups -OCH3 is 1. The third-order valence-electron chi connectivity index (χ3n) is 1.56. The Bertz CT molecular complexity index is 325. The van der Waals surface area contributed by atoms with Crippen molar-refractivity contribution in [2.45, 2.75) is 6.42 Å². The molecule has 1 aromatic rings. The van der Waals surface area contributed by atoms with Gasteiger partial charge in [-0.15, -0.1) is 0 Å². The second kappa shape index (κ2) is 4.63. The smallest absolute Gasteiger partial charge is 0.309 e. The van der Waals surface area contributed by atoms with Gasteiger partial charge in [-0.3, -0.25) is 4.79 Å². The second-order valence-electron chi connectivity index (χ2n) is 2.50. The molecular formula is C9H8BrClO2. The van der Waals surface area contributed by atoms with Crippen LogP contribution in [0.15, 0.2) is 22.7 Å². The van der Waals surface area contributed by atoms with Crippen LogP contribution in [0.1, 0.15) is 5.56 Å². The number of carbonyl (C=O) groups excluding carboxylic acids is 1. The fourth-order valence-corrected chi connectivity index (χ4v) is 1.34. The van der Waals surface area contributed by atoms with Gasteiger partial charge in [-0.1, -0.05) is 17.7 Å². The van der Waals surface area contributed by atoms with Gasteiger partial charge in [0.05, 0.1) is 18.6 Å². The summed E-state index contributed by atoms with van der Waals surface area (Å²) in [5, 5.41) is 0.599. The van der Waals surface area contributed by atoms with Gasteiger partial charge >= 0.3 is 5.97 Å². The van der Waals surface area contributed by atoms with E-state index in [9.17, 15) is 4.79 Å². The minimum Gasteiger partial charge on any atom is -0.469 e. The van der Waals surface area contributed by atoms with E-state index < -0.39 is 0 Å². The third-order valence-corrected chi connectivity index (χ3v) is 2.79. The van der Waals surface area contributed by atoms with E-state index in [1.54, 1.807) is 12.1 Å². The van der Waals surface area contributed by atoms with Gasteiger partial charge in [0, 0.05) is 4.47 Å². The zero-order valence-corrected chi connectivity index (χ0v) is 9.35. The molecule has 1 rings (SSSR count). The maximum absolute atomic E-state index is 10.9. The number of benzene rings is 1. The second-order valence-corrected chi connectivity index (χ2v) is 3.76. The van der Waals surface area contributed by atoms with Gasteiger partial charge in [-0.25, -0.2) is 0 Å². The van der Waals surface area contributed by atoms with Crippen molar-refractivity contribution in [2.24, 2.45) is 0 Å². The van der Waals surface area contributed by atoms with Gasteiger partial charge in [0.1, 0.15) is 0 Å². The van der Waals surface area contributed by atoms with Gasteiger partial charge in [-0.05, 0) is 33.6 Å². The van der Waals surface area contributed by atoms with Gasteiger partial charge in [0.15, 0.2) is 0 Å². The quantitative estimate of drug-likeness (QED) is 0.767. The van der Waals surface area contributed by atoms with E-state index in [2.05, 4.69) is 20.7 Å². The van der Waals surface area contributed by atoms with Crippen LogP contribution in [0.25, 0.3) is 0 Å². The SMILES string of the molecule is COC(=O)Cc1ccc(Br)c(Cl)c1. The maximum atomic E-state index is 10.9. The first-order chi connectivity index (χ1) is 6.13. The molecule has 0 saturated heterocycles. The summed E-state index contributed by atoms with van der Waals surface area (Å²) in [7, 11) is 1.36. The Kier molecular flexibility index (Phi) is 3.75. The molecule has 0 radical (unpaired) electrons. The van der Waals surface area contributed by atoms with Crippen molar-refractivity contribution in [3.63, 3.8) is 0 Å². The molecule has 0 aromatic heterocycles. The normalized spacial score (nSPS) is 9.77. The zero-order chi connectivity index (χ0) is 9.84. The Balaban J connectivity index is 2.79. The average Bonchev–Trinajstić information content (AvgIpc) is 2.11. The minimum absolute atomic E-state index is 0.253. The van der Waals surface area contributed by atoms with E-state index >= 15 is 0 Å². The van der Waals surface area contributed by atoms with Gasteiger partial charge < -0.3 is 4.74 Å². The van der Waals surface area contributed by atoms with Crippen molar-refractivity contribution in [3.8, 4) is 0 Å². The summed E-state index contributed by atoms with van der Waals surface area (Å²) in [6.45, 7) is 0. The molecule has 0 amide bonds. The number of halogens is 2. The molecule has 0 heterocycles. The molecule has 0 spiro atoms. The lowest BCUT2D eigenvalue weighted by atomic mass is 10.1. The van der Waals surface area contributed by atoms with Gasteiger partial charge in [0.2, 0.25) is 0 Å². The first kappa shape index (κ1) is 10.5. The number of hydrogen-bond acceptors (Lipinski definition) is 2. The van der Waals surface area contributed by atoms with Crippen molar-refractivity contribution >= 4 is 33.5 Å². The highest BCUT2D eigenvalue weighted by Gasteiger charge is 2.04. The van der Waals surface area contributed by atoms with Crippen molar-refractivity contribution in [3.05, 3.63) is 33.3 Å². The fraction of sp³-hybridized carbons (Fsp3) is 0.222. The molecule has 0 aliphatic rings. The molecule has 13 heavy (non-hydrogen) atoms. The molecule has 0 saturated carbocycles. The predicted molar refractivity (Wildman–Crippen MR) is 54.9 cm³/mol. The standard InChI is InChI=1S/C9H8BrClO2/c1-13-9(12)5-6-2-3-7(10)8(11)4-6/h2-4H,5H2,1H3. The van der Waals surface area contributed by atoms with Crippen LogP contribution in [-0.4, -0.2) is 13.1 Å². The summed E-state index contributed by atoms with van der Waals surface area (Å²) in [6.07, 6.45) is 0.253. The van der Waals surface area contributed by atoms with E-state index in [4.69, 9.17) is 11.6 Å². The topological polar surface area (TPSA) is 26.3 Å². The van der Waals surface area contributed by atoms with E-state index in [1.807, 2.05) is 6.07 Å². The maximum Gasteiger partial charge on any atom is 0.309 e. The Morgan fingerprint density at radius 2 is 2.31 bits per heavy atom. The molecule has 2 nitrogen and oxygen atoms in total. The number of ether oxygens (including phenoxy) is 1. The van der Waals surface area contributed by atoms with E-state index in [0.29, 0.717) is 5.02 Å². The lowest BCUT2D eigenvalue weighted by molar-refractivity contribution is -0.139. The van der Waals surface area contributed by atoms with Crippen LogP contribution in [-0.2, 0) is 16.0 Å². The summed E-state index contributed by atoms with van der Waals surface area (Å²) in [5.41, 5.74) is 0.847. The molecule has 0 N–H and O–H groups in total. The third kappa shape index (κ3) is 3.01. The van der Waals surface area contributed by atoms with E-state index in [1.165, 1.54) is 7.11 Å². The van der Waals surface area contributed by atoms with Crippen molar-refractivity contribution in [1.82, 2.24) is 0 Å². The summed E-state index contributed by atoms with van der Waals surface area (Å²) < 4.78 is 5.35. The predicted octanol–water partition coefficient (Wildman–Crippen LogP) is 2.82. The number of carbonyl (C=O) groups is 1. The number of rotatable bonds is 2. The molecule has 4 heteroatoms. The Morgan fingerprint density at radius 3 is 2.85 bits per heavy atom. The molecule has 0 atom stereocenters. The van der Waals surface area contributed by atoms with Crippen LogP contribution < -0.4 is 0 Å². The molecule has 0 aliphatic carbocycles. The first-order valence-corrected chi connectivity index (χ1v) is 4.81. The van der Waals surface area contributed by atoms with Crippen LogP contribution in [0, 0.1) is 0 Å². The highest BCUT2D eigenvalue weighted by atomic mass is 79.9. The molecule has 0 unspecified atom stereocenters. The van der Waals surface area contributed by atoms with Crippen molar-refractivity contribution in [2.75, 3.05) is 7.11 Å². The lowest BCUT2D eigenvalue weighted by Crippen LogP contribution is -2.04. The minimum atomic E-state index is -0.265. The molecule has 0 bridgehead atoms. The molecular weight excluding hydrogens is 255 g/mol. The summed E-state index contributed by atoms with van der Waals surface area (Å²) >= 11 is 9.11. The largest absolute Gasteiger partial charge is 0.469 e. The summed E-state index contributed by atoms with van der Waals surface area (Å²) in [5.74, 6) is -0.265. The molecule has 70 valence electrons. The zero-order valence-electron chi connectivity index (χ0n) is 7.01. The van der Waals surface area contributed by atoms with Crippen LogP contribution in [0.2, 0.25) is 5.02 Å². The average molecular weight is 264 g/mol. The highest BCUT2D eigenvalue weighted by molar-refractivity contribution is 9.10. The van der Waals surface area contributed by atoms with Crippen molar-refractivity contribution in [1.29, 1.82) is 0 Å². The Labute approximate surface area is 90.0 Å². The van der Waals surface area contributed by atoms with Crippen LogP contribution in [0.4, 0.5) is 0 Å². The van der Waals surface area contributed by atoms with Crippen LogP contribution >= 0.6 is 27.5 Å². The highest BCUT2D eigenvalue weighted by Crippen LogP contribution is 2.23. The number of hydrogen-bond donors (Lipinski definition) is 0. The van der Waals surface area contributed by atoms with Crippen LogP contribution in [0.3, 0.4) is 0 Å². The lowest BCUT2D eigenvalue weighted by Gasteiger charge is -2.01. The van der Waals surface area contributed by atoms with E-state index in [-0.39, 0.29) is 12.4 Å².